The minimum absolute atomic E-state index is 0.249. The summed E-state index contributed by atoms with van der Waals surface area (Å²) in [5.41, 5.74) is 3.84. The number of nitrogens with one attached hydrogen (secondary N) is 2. The number of thioether (sulfide) groups is 1. The molecule has 2 N–H and O–H groups in total. The Kier molecular flexibility index (Phi) is 5.63. The second-order valence-corrected chi connectivity index (χ2v) is 7.23. The smallest absolute Gasteiger partial charge is 0.314 e. The van der Waals surface area contributed by atoms with Crippen molar-refractivity contribution in [3.8, 4) is 5.69 Å². The predicted octanol–water partition coefficient (Wildman–Crippen LogP) is 2.02. The molecule has 0 radical (unpaired) electrons. The summed E-state index contributed by atoms with van der Waals surface area (Å²) in [6, 6.07) is 7.56. The topological polar surface area (TPSA) is 85.2 Å². The zero-order valence-corrected chi connectivity index (χ0v) is 15.9. The third-order valence-electron chi connectivity index (χ3n) is 4.13. The Morgan fingerprint density at radius 3 is 2.81 bits per heavy atom. The van der Waals surface area contributed by atoms with Gasteiger partial charge in [-0.25, -0.2) is 4.68 Å². The lowest BCUT2D eigenvalue weighted by molar-refractivity contribution is -0.136. The molecule has 26 heavy (non-hydrogen) atoms. The number of para-hydroxylation sites is 1. The number of nitrogens with zero attached hydrogens (tertiary/aromatic N) is 2. The van der Waals surface area contributed by atoms with Crippen LogP contribution in [0.25, 0.3) is 5.69 Å². The lowest BCUT2D eigenvalue weighted by atomic mass is 10.2. The van der Waals surface area contributed by atoms with E-state index in [2.05, 4.69) is 15.7 Å². The highest BCUT2D eigenvalue weighted by Gasteiger charge is 2.27. The summed E-state index contributed by atoms with van der Waals surface area (Å²) in [7, 11) is 1.55. The fraction of sp³-hybridized carbons (Fsp3) is 0.389. The average molecular weight is 374 g/mol. The van der Waals surface area contributed by atoms with Gasteiger partial charge in [-0.1, -0.05) is 18.2 Å². The lowest BCUT2D eigenvalue weighted by Gasteiger charge is -2.14. The van der Waals surface area contributed by atoms with E-state index in [1.54, 1.807) is 30.5 Å². The summed E-state index contributed by atoms with van der Waals surface area (Å²) in [5, 5.41) is 10.0. The molecule has 7 nitrogen and oxygen atoms in total. The van der Waals surface area contributed by atoms with Crippen LogP contribution in [0.2, 0.25) is 0 Å². The molecule has 0 saturated carbocycles. The predicted molar refractivity (Wildman–Crippen MR) is 101 cm³/mol. The van der Waals surface area contributed by atoms with Gasteiger partial charge in [0.15, 0.2) is 0 Å². The van der Waals surface area contributed by atoms with E-state index in [-0.39, 0.29) is 6.04 Å². The van der Waals surface area contributed by atoms with Crippen LogP contribution in [-0.4, -0.2) is 41.4 Å². The maximum atomic E-state index is 12.4. The van der Waals surface area contributed by atoms with Crippen molar-refractivity contribution in [1.29, 1.82) is 0 Å². The van der Waals surface area contributed by atoms with Crippen LogP contribution in [0.5, 0.6) is 0 Å². The van der Waals surface area contributed by atoms with Crippen LogP contribution in [0.4, 0.5) is 5.82 Å². The van der Waals surface area contributed by atoms with Gasteiger partial charge in [-0.15, -0.1) is 0 Å². The Bertz CT molecular complexity index is 834. The van der Waals surface area contributed by atoms with E-state index in [0.717, 1.165) is 34.0 Å². The van der Waals surface area contributed by atoms with Crippen molar-refractivity contribution in [2.75, 3.05) is 19.0 Å². The van der Waals surface area contributed by atoms with E-state index >= 15 is 0 Å². The van der Waals surface area contributed by atoms with Crippen LogP contribution in [0, 0.1) is 6.92 Å². The summed E-state index contributed by atoms with van der Waals surface area (Å²) < 4.78 is 6.70. The van der Waals surface area contributed by atoms with Gasteiger partial charge in [0.05, 0.1) is 18.0 Å². The highest BCUT2D eigenvalue weighted by molar-refractivity contribution is 7.98. The molecule has 1 aromatic heterocycles. The Morgan fingerprint density at radius 1 is 1.31 bits per heavy atom. The number of methoxy groups -OCH3 is 1. The number of carbonyl (C=O) groups excluding carboxylic acids is 2. The Balaban J connectivity index is 1.87. The molecular formula is C18H22N4O3S. The maximum absolute atomic E-state index is 12.4. The van der Waals surface area contributed by atoms with Gasteiger partial charge in [0.2, 0.25) is 0 Å². The molecule has 1 aliphatic rings. The number of aromatic nitrogens is 2. The SMILES string of the molecule is COC[C@@H](C)NC(=O)C(=O)Nc1c2c(nn1-c1ccccc1C)CSC2. The van der Waals surface area contributed by atoms with Gasteiger partial charge in [0.1, 0.15) is 5.82 Å². The van der Waals surface area contributed by atoms with Gasteiger partial charge in [-0.3, -0.25) is 9.59 Å². The van der Waals surface area contributed by atoms with E-state index in [1.807, 2.05) is 31.2 Å². The van der Waals surface area contributed by atoms with Crippen molar-refractivity contribution in [2.45, 2.75) is 31.4 Å². The minimum atomic E-state index is -0.706. The van der Waals surface area contributed by atoms with E-state index in [1.165, 1.54) is 0 Å². The Labute approximate surface area is 156 Å². The monoisotopic (exact) mass is 374 g/mol. The second kappa shape index (κ2) is 7.92. The molecule has 1 aliphatic heterocycles. The normalized spacial score (nSPS) is 14.0. The molecule has 8 heteroatoms. The van der Waals surface area contributed by atoms with Gasteiger partial charge >= 0.3 is 11.8 Å². The molecule has 0 spiro atoms. The number of carbonyl (C=O) groups is 2. The molecule has 0 bridgehead atoms. The fourth-order valence-electron chi connectivity index (χ4n) is 2.86. The van der Waals surface area contributed by atoms with Crippen molar-refractivity contribution in [3.05, 3.63) is 41.1 Å². The Hall–Kier alpha value is -2.32. The Morgan fingerprint density at radius 2 is 2.08 bits per heavy atom. The van der Waals surface area contributed by atoms with Crippen LogP contribution in [-0.2, 0) is 25.8 Å². The molecule has 0 saturated heterocycles. The lowest BCUT2D eigenvalue weighted by Crippen LogP contribution is -2.42. The van der Waals surface area contributed by atoms with Crippen LogP contribution < -0.4 is 10.6 Å². The van der Waals surface area contributed by atoms with Gasteiger partial charge in [-0.2, -0.15) is 16.9 Å². The number of ether oxygens (including phenoxy) is 1. The number of hydrogen-bond donors (Lipinski definition) is 2. The summed E-state index contributed by atoms with van der Waals surface area (Å²) in [5.74, 6) is 0.736. The first-order valence-corrected chi connectivity index (χ1v) is 9.52. The summed E-state index contributed by atoms with van der Waals surface area (Å²) in [4.78, 5) is 24.6. The van der Waals surface area contributed by atoms with Crippen LogP contribution in [0.3, 0.4) is 0 Å². The first-order chi connectivity index (χ1) is 12.5. The van der Waals surface area contributed by atoms with Crippen molar-refractivity contribution >= 4 is 29.4 Å². The third kappa shape index (κ3) is 3.76. The summed E-state index contributed by atoms with van der Waals surface area (Å²) >= 11 is 1.74. The van der Waals surface area contributed by atoms with E-state index in [4.69, 9.17) is 4.74 Å². The van der Waals surface area contributed by atoms with Crippen LogP contribution in [0.1, 0.15) is 23.7 Å². The molecule has 2 aromatic rings. The van der Waals surface area contributed by atoms with Crippen LogP contribution >= 0.6 is 11.8 Å². The van der Waals surface area contributed by atoms with Crippen molar-refractivity contribution in [2.24, 2.45) is 0 Å². The fourth-order valence-corrected chi connectivity index (χ4v) is 3.90. The molecule has 2 heterocycles. The average Bonchev–Trinajstić information content (AvgIpc) is 3.18. The first kappa shape index (κ1) is 18.5. The molecular weight excluding hydrogens is 352 g/mol. The van der Waals surface area contributed by atoms with Crippen molar-refractivity contribution in [3.63, 3.8) is 0 Å². The summed E-state index contributed by atoms with van der Waals surface area (Å²) in [6.07, 6.45) is 0. The molecule has 1 aromatic carbocycles. The highest BCUT2D eigenvalue weighted by Crippen LogP contribution is 2.36. The summed E-state index contributed by atoms with van der Waals surface area (Å²) in [6.45, 7) is 4.11. The number of aryl methyl sites for hydroxylation is 1. The van der Waals surface area contributed by atoms with Crippen molar-refractivity contribution < 1.29 is 14.3 Å². The van der Waals surface area contributed by atoms with Gasteiger partial charge in [0, 0.05) is 30.2 Å². The number of amides is 2. The molecule has 3 rings (SSSR count). The van der Waals surface area contributed by atoms with Gasteiger partial charge in [0.25, 0.3) is 0 Å². The zero-order chi connectivity index (χ0) is 18.7. The van der Waals surface area contributed by atoms with Gasteiger partial charge < -0.3 is 15.4 Å². The number of hydrogen-bond acceptors (Lipinski definition) is 5. The first-order valence-electron chi connectivity index (χ1n) is 8.36. The molecule has 0 fully saturated rings. The second-order valence-electron chi connectivity index (χ2n) is 6.25. The third-order valence-corrected chi connectivity index (χ3v) is 5.10. The molecule has 138 valence electrons. The largest absolute Gasteiger partial charge is 0.383 e. The molecule has 1 atom stereocenters. The maximum Gasteiger partial charge on any atom is 0.314 e. The highest BCUT2D eigenvalue weighted by atomic mass is 32.2. The standard InChI is InChI=1S/C18H22N4O3S/c1-11-6-4-5-7-15(11)22-16(13-9-26-10-14(13)21-22)20-18(24)17(23)19-12(2)8-25-3/h4-7,12H,8-10H2,1-3H3,(H,19,23)(H,20,24)/t12-/m1/s1. The number of fused-ring (bicyclic) bond motifs is 1. The zero-order valence-electron chi connectivity index (χ0n) is 15.0. The quantitative estimate of drug-likeness (QED) is 0.782. The van der Waals surface area contributed by atoms with E-state index in [9.17, 15) is 9.59 Å². The molecule has 0 aliphatic carbocycles. The molecule has 0 unspecified atom stereocenters. The van der Waals surface area contributed by atoms with Crippen LogP contribution in [0.15, 0.2) is 24.3 Å². The number of anilines is 1. The van der Waals surface area contributed by atoms with Crippen molar-refractivity contribution in [1.82, 2.24) is 15.1 Å². The van der Waals surface area contributed by atoms with Gasteiger partial charge in [-0.05, 0) is 25.5 Å². The van der Waals surface area contributed by atoms with E-state index < -0.39 is 11.8 Å². The minimum Gasteiger partial charge on any atom is -0.383 e. The number of rotatable bonds is 5. The molecule has 2 amide bonds. The van der Waals surface area contributed by atoms with E-state index in [0.29, 0.717) is 12.4 Å². The number of benzene rings is 1.